The number of hydrogen-bond donors (Lipinski definition) is 0. The van der Waals surface area contributed by atoms with Crippen molar-refractivity contribution in [3.05, 3.63) is 48.5 Å². The van der Waals surface area contributed by atoms with Gasteiger partial charge < -0.3 is 0 Å². The van der Waals surface area contributed by atoms with Gasteiger partial charge in [0.25, 0.3) is 0 Å². The normalized spacial score (nSPS) is 19.8. The Morgan fingerprint density at radius 2 is 2.00 bits per heavy atom. The zero-order valence-electron chi connectivity index (χ0n) is 9.36. The molecule has 2 aromatic carbocycles. The molecule has 0 saturated heterocycles. The molecule has 1 aliphatic rings. The molecule has 1 unspecified atom stereocenters. The molecule has 0 saturated carbocycles. The summed E-state index contributed by atoms with van der Waals surface area (Å²) >= 11 is 1.95. The molecular weight excluding hydrogens is 212 g/mol. The van der Waals surface area contributed by atoms with Crippen LogP contribution in [0.25, 0.3) is 16.3 Å². The van der Waals surface area contributed by atoms with Gasteiger partial charge in [0.1, 0.15) is 0 Å². The van der Waals surface area contributed by atoms with E-state index in [0.29, 0.717) is 5.92 Å². The van der Waals surface area contributed by atoms with E-state index in [1.807, 2.05) is 11.8 Å². The zero-order valence-corrected chi connectivity index (χ0v) is 10.2. The minimum Gasteiger partial charge on any atom is -0.125 e. The summed E-state index contributed by atoms with van der Waals surface area (Å²) in [6, 6.07) is 13.0. The smallest absolute Gasteiger partial charge is 0.0154 e. The third-order valence-electron chi connectivity index (χ3n) is 3.30. The Morgan fingerprint density at radius 3 is 2.88 bits per heavy atom. The Labute approximate surface area is 100 Å². The molecule has 1 aliphatic heterocycles. The number of allylic oxidation sites excluding steroid dienone is 1. The van der Waals surface area contributed by atoms with Crippen LogP contribution < -0.4 is 0 Å². The Bertz CT molecular complexity index is 569. The highest BCUT2D eigenvalue weighted by atomic mass is 32.2. The first-order valence-corrected chi connectivity index (χ1v) is 6.59. The fourth-order valence-electron chi connectivity index (χ4n) is 2.26. The van der Waals surface area contributed by atoms with E-state index in [-0.39, 0.29) is 0 Å². The lowest BCUT2D eigenvalue weighted by molar-refractivity contribution is 0.860. The maximum absolute atomic E-state index is 4.27. The summed E-state index contributed by atoms with van der Waals surface area (Å²) in [5.41, 5.74) is 2.67. The Hall–Kier alpha value is -1.21. The number of hydrogen-bond acceptors (Lipinski definition) is 1. The van der Waals surface area contributed by atoms with E-state index in [0.717, 1.165) is 5.75 Å². The molecule has 0 spiro atoms. The zero-order chi connectivity index (χ0) is 11.1. The lowest BCUT2D eigenvalue weighted by Crippen LogP contribution is -2.08. The molecule has 1 heterocycles. The molecule has 0 amide bonds. The van der Waals surface area contributed by atoms with E-state index >= 15 is 0 Å². The van der Waals surface area contributed by atoms with Crippen LogP contribution in [0.3, 0.4) is 0 Å². The second kappa shape index (κ2) is 3.67. The van der Waals surface area contributed by atoms with Crippen molar-refractivity contribution in [2.75, 3.05) is 5.75 Å². The van der Waals surface area contributed by atoms with E-state index in [1.165, 1.54) is 26.8 Å². The molecule has 2 aromatic rings. The van der Waals surface area contributed by atoms with E-state index in [2.05, 4.69) is 49.9 Å². The molecule has 0 radical (unpaired) electrons. The first-order chi connectivity index (χ1) is 7.77. The van der Waals surface area contributed by atoms with Crippen LogP contribution in [0.1, 0.15) is 12.5 Å². The molecule has 0 bridgehead atoms. The third-order valence-corrected chi connectivity index (χ3v) is 4.61. The Balaban J connectivity index is 2.36. The van der Waals surface area contributed by atoms with Gasteiger partial charge in [0.2, 0.25) is 0 Å². The highest BCUT2D eigenvalue weighted by molar-refractivity contribution is 7.99. The molecule has 80 valence electrons. The number of thioether (sulfide) groups is 1. The second-order valence-electron chi connectivity index (χ2n) is 4.40. The Kier molecular flexibility index (Phi) is 2.29. The maximum Gasteiger partial charge on any atom is 0.0154 e. The van der Waals surface area contributed by atoms with Crippen LogP contribution in [0.4, 0.5) is 0 Å². The molecule has 16 heavy (non-hydrogen) atoms. The number of fused-ring (bicyclic) bond motifs is 3. The molecule has 0 aromatic heterocycles. The first kappa shape index (κ1) is 9.98. The summed E-state index contributed by atoms with van der Waals surface area (Å²) in [5.74, 6) is 1.74. The fourth-order valence-corrected chi connectivity index (χ4v) is 3.45. The van der Waals surface area contributed by atoms with E-state index in [9.17, 15) is 0 Å². The van der Waals surface area contributed by atoms with Crippen molar-refractivity contribution in [1.82, 2.24) is 0 Å². The summed E-state index contributed by atoms with van der Waals surface area (Å²) in [4.78, 5) is 1.39. The van der Waals surface area contributed by atoms with Crippen LogP contribution in [0, 0.1) is 5.92 Å². The lowest BCUT2D eigenvalue weighted by Gasteiger charge is -2.25. The average Bonchev–Trinajstić information content (AvgIpc) is 2.33. The van der Waals surface area contributed by atoms with Gasteiger partial charge in [-0.2, -0.15) is 0 Å². The molecule has 1 heteroatoms. The van der Waals surface area contributed by atoms with Gasteiger partial charge >= 0.3 is 0 Å². The molecule has 0 fully saturated rings. The van der Waals surface area contributed by atoms with Crippen molar-refractivity contribution >= 4 is 28.1 Å². The minimum atomic E-state index is 0.586. The fraction of sp³-hybridized carbons (Fsp3) is 0.200. The Morgan fingerprint density at radius 1 is 1.19 bits per heavy atom. The quantitative estimate of drug-likeness (QED) is 0.633. The van der Waals surface area contributed by atoms with Crippen molar-refractivity contribution in [3.8, 4) is 0 Å². The van der Waals surface area contributed by atoms with Crippen LogP contribution in [0.2, 0.25) is 0 Å². The van der Waals surface area contributed by atoms with Crippen molar-refractivity contribution in [2.24, 2.45) is 5.92 Å². The van der Waals surface area contributed by atoms with Gasteiger partial charge in [-0.1, -0.05) is 43.8 Å². The predicted molar refractivity (Wildman–Crippen MR) is 72.9 cm³/mol. The number of benzene rings is 2. The lowest BCUT2D eigenvalue weighted by atomic mass is 9.92. The largest absolute Gasteiger partial charge is 0.125 e. The van der Waals surface area contributed by atoms with Gasteiger partial charge in [-0.3, -0.25) is 0 Å². The van der Waals surface area contributed by atoms with Crippen LogP contribution >= 0.6 is 11.8 Å². The van der Waals surface area contributed by atoms with Crippen LogP contribution in [-0.4, -0.2) is 5.75 Å². The minimum absolute atomic E-state index is 0.586. The summed E-state index contributed by atoms with van der Waals surface area (Å²) in [7, 11) is 0. The predicted octanol–water partition coefficient (Wildman–Crippen LogP) is 4.59. The van der Waals surface area contributed by atoms with Gasteiger partial charge in [0.05, 0.1) is 0 Å². The van der Waals surface area contributed by atoms with Crippen LogP contribution in [0.5, 0.6) is 0 Å². The van der Waals surface area contributed by atoms with Gasteiger partial charge in [-0.25, -0.2) is 0 Å². The van der Waals surface area contributed by atoms with Crippen LogP contribution in [0.15, 0.2) is 47.9 Å². The first-order valence-electron chi connectivity index (χ1n) is 5.61. The van der Waals surface area contributed by atoms with Crippen molar-refractivity contribution in [2.45, 2.75) is 11.8 Å². The summed E-state index contributed by atoms with van der Waals surface area (Å²) in [6.07, 6.45) is 0. The average molecular weight is 226 g/mol. The summed E-state index contributed by atoms with van der Waals surface area (Å²) in [5, 5.41) is 2.67. The van der Waals surface area contributed by atoms with Gasteiger partial charge in [0, 0.05) is 10.6 Å². The molecule has 0 N–H and O–H groups in total. The second-order valence-corrected chi connectivity index (χ2v) is 5.46. The van der Waals surface area contributed by atoms with Gasteiger partial charge in [-0.05, 0) is 33.9 Å². The molecule has 3 rings (SSSR count). The van der Waals surface area contributed by atoms with E-state index < -0.39 is 0 Å². The molecule has 0 aliphatic carbocycles. The monoisotopic (exact) mass is 226 g/mol. The summed E-state index contributed by atoms with van der Waals surface area (Å²) in [6.45, 7) is 6.54. The number of rotatable bonds is 0. The van der Waals surface area contributed by atoms with E-state index in [1.54, 1.807) is 0 Å². The molecule has 0 nitrogen and oxygen atoms in total. The molecular formula is C15H14S. The molecule has 1 atom stereocenters. The van der Waals surface area contributed by atoms with Crippen LogP contribution in [-0.2, 0) is 0 Å². The highest BCUT2D eigenvalue weighted by Crippen LogP contribution is 2.42. The van der Waals surface area contributed by atoms with Gasteiger partial charge in [0.15, 0.2) is 0 Å². The summed E-state index contributed by atoms with van der Waals surface area (Å²) < 4.78 is 0. The SMILES string of the molecule is C=C1c2c(ccc3ccccc23)SCC1C. The van der Waals surface area contributed by atoms with Crippen molar-refractivity contribution in [3.63, 3.8) is 0 Å². The van der Waals surface area contributed by atoms with Crippen molar-refractivity contribution < 1.29 is 0 Å². The highest BCUT2D eigenvalue weighted by Gasteiger charge is 2.21. The topological polar surface area (TPSA) is 0 Å². The third kappa shape index (κ3) is 1.39. The van der Waals surface area contributed by atoms with Gasteiger partial charge in [-0.15, -0.1) is 11.8 Å². The van der Waals surface area contributed by atoms with E-state index in [4.69, 9.17) is 0 Å². The van der Waals surface area contributed by atoms with Crippen molar-refractivity contribution in [1.29, 1.82) is 0 Å². The standard InChI is InChI=1S/C15H14S/c1-10-9-16-14-8-7-12-5-3-4-6-13(12)15(14)11(10)2/h3-8,10H,2,9H2,1H3. The maximum atomic E-state index is 4.27.